The Morgan fingerprint density at radius 2 is 1.74 bits per heavy atom. The number of hydrogen-bond acceptors (Lipinski definition) is 5. The molecule has 0 bridgehead atoms. The predicted octanol–water partition coefficient (Wildman–Crippen LogP) is 4.66. The molecular weight excluding hydrogens is 509 g/mol. The first kappa shape index (κ1) is 25.6. The smallest absolute Gasteiger partial charge is 0.433 e. The van der Waals surface area contributed by atoms with E-state index in [9.17, 15) is 26.7 Å². The molecule has 1 fully saturated rings. The van der Waals surface area contributed by atoms with Crippen molar-refractivity contribution in [3.8, 4) is 17.0 Å². The minimum atomic E-state index is -4.74. The third-order valence-corrected chi connectivity index (χ3v) is 6.46. The van der Waals surface area contributed by atoms with E-state index in [-0.39, 0.29) is 42.1 Å². The third-order valence-electron chi connectivity index (χ3n) is 6.46. The number of amides is 1. The van der Waals surface area contributed by atoms with Crippen LogP contribution < -0.4 is 4.74 Å². The fraction of sp³-hybridized carbons (Fsp3) is 0.269. The molecule has 7 nitrogen and oxygen atoms in total. The van der Waals surface area contributed by atoms with Crippen LogP contribution >= 0.6 is 0 Å². The van der Waals surface area contributed by atoms with Crippen molar-refractivity contribution in [1.29, 1.82) is 0 Å². The number of carbonyl (C=O) groups is 1. The van der Waals surface area contributed by atoms with Crippen molar-refractivity contribution in [1.82, 2.24) is 24.4 Å². The van der Waals surface area contributed by atoms with Crippen LogP contribution in [0.15, 0.2) is 54.7 Å². The highest BCUT2D eigenvalue weighted by molar-refractivity contribution is 6.00. The Kier molecular flexibility index (Phi) is 6.74. The lowest BCUT2D eigenvalue weighted by Crippen LogP contribution is -2.48. The number of methoxy groups -OCH3 is 1. The van der Waals surface area contributed by atoms with Gasteiger partial charge in [-0.05, 0) is 36.4 Å². The van der Waals surface area contributed by atoms with Gasteiger partial charge in [0.25, 0.3) is 5.91 Å². The van der Waals surface area contributed by atoms with Gasteiger partial charge in [0.15, 0.2) is 23.0 Å². The van der Waals surface area contributed by atoms with Crippen LogP contribution in [0.1, 0.15) is 21.6 Å². The molecule has 1 aliphatic heterocycles. The SMILES string of the molecule is COc1ccc(-c2cc(C(F)(F)F)n3ncc(C(=O)N4CCN(Cc5cccc(F)c5F)CC4)c3n2)cc1. The van der Waals surface area contributed by atoms with Crippen molar-refractivity contribution in [3.63, 3.8) is 0 Å². The van der Waals surface area contributed by atoms with E-state index in [1.807, 2.05) is 4.90 Å². The number of halogens is 5. The first-order valence-corrected chi connectivity index (χ1v) is 11.7. The second kappa shape index (κ2) is 10.0. The van der Waals surface area contributed by atoms with Crippen LogP contribution in [0.3, 0.4) is 0 Å². The van der Waals surface area contributed by atoms with Crippen molar-refractivity contribution in [2.24, 2.45) is 0 Å². The molecule has 5 rings (SSSR count). The molecule has 2 aromatic carbocycles. The van der Waals surface area contributed by atoms with Crippen LogP contribution in [-0.4, -0.2) is 63.6 Å². The van der Waals surface area contributed by atoms with Gasteiger partial charge in [0.05, 0.1) is 19.0 Å². The van der Waals surface area contributed by atoms with Crippen molar-refractivity contribution >= 4 is 11.6 Å². The highest BCUT2D eigenvalue weighted by atomic mass is 19.4. The van der Waals surface area contributed by atoms with E-state index in [1.54, 1.807) is 24.3 Å². The maximum atomic E-state index is 14.0. The van der Waals surface area contributed by atoms with Gasteiger partial charge in [-0.15, -0.1) is 0 Å². The maximum Gasteiger partial charge on any atom is 0.433 e. The maximum absolute atomic E-state index is 14.0. The van der Waals surface area contributed by atoms with Crippen molar-refractivity contribution in [2.75, 3.05) is 33.3 Å². The predicted molar refractivity (Wildman–Crippen MR) is 128 cm³/mol. The van der Waals surface area contributed by atoms with Crippen LogP contribution in [0.4, 0.5) is 22.0 Å². The second-order valence-corrected chi connectivity index (χ2v) is 8.83. The zero-order valence-corrected chi connectivity index (χ0v) is 20.2. The van der Waals surface area contributed by atoms with Gasteiger partial charge in [-0.3, -0.25) is 9.69 Å². The first-order chi connectivity index (χ1) is 18.2. The number of aromatic nitrogens is 3. The number of carbonyl (C=O) groups excluding carboxylic acids is 1. The highest BCUT2D eigenvalue weighted by Crippen LogP contribution is 2.33. The number of alkyl halides is 3. The Morgan fingerprint density at radius 3 is 2.39 bits per heavy atom. The molecule has 1 saturated heterocycles. The summed E-state index contributed by atoms with van der Waals surface area (Å²) in [7, 11) is 1.48. The minimum absolute atomic E-state index is 0.0315. The summed E-state index contributed by atoms with van der Waals surface area (Å²) in [5.74, 6) is -1.81. The fourth-order valence-corrected chi connectivity index (χ4v) is 4.42. The van der Waals surface area contributed by atoms with Crippen LogP contribution in [0.25, 0.3) is 16.9 Å². The summed E-state index contributed by atoms with van der Waals surface area (Å²) in [6.07, 6.45) is -3.65. The van der Waals surface area contributed by atoms with E-state index in [0.717, 1.165) is 18.3 Å². The van der Waals surface area contributed by atoms with Gasteiger partial charge in [-0.2, -0.15) is 18.3 Å². The number of fused-ring (bicyclic) bond motifs is 1. The molecular formula is C26H22F5N5O2. The Morgan fingerprint density at radius 1 is 1.03 bits per heavy atom. The first-order valence-electron chi connectivity index (χ1n) is 11.7. The molecule has 0 atom stereocenters. The molecule has 0 radical (unpaired) electrons. The summed E-state index contributed by atoms with van der Waals surface area (Å²) in [6.45, 7) is 1.41. The molecule has 12 heteroatoms. The topological polar surface area (TPSA) is 63.0 Å². The molecule has 38 heavy (non-hydrogen) atoms. The molecule has 1 aliphatic rings. The van der Waals surface area contributed by atoms with Crippen LogP contribution in [-0.2, 0) is 12.7 Å². The summed E-state index contributed by atoms with van der Waals surface area (Å²) < 4.78 is 75.0. The summed E-state index contributed by atoms with van der Waals surface area (Å²) in [6, 6.07) is 11.2. The zero-order chi connectivity index (χ0) is 27.0. The van der Waals surface area contributed by atoms with E-state index in [0.29, 0.717) is 28.9 Å². The van der Waals surface area contributed by atoms with Gasteiger partial charge in [-0.25, -0.2) is 18.3 Å². The summed E-state index contributed by atoms with van der Waals surface area (Å²) in [5.41, 5.74) is -0.674. The molecule has 0 aliphatic carbocycles. The van der Waals surface area contributed by atoms with E-state index in [2.05, 4.69) is 10.1 Å². The highest BCUT2D eigenvalue weighted by Gasteiger charge is 2.36. The zero-order valence-electron chi connectivity index (χ0n) is 20.2. The van der Waals surface area contributed by atoms with Gasteiger partial charge in [-0.1, -0.05) is 12.1 Å². The molecule has 2 aromatic heterocycles. The average molecular weight is 531 g/mol. The standard InChI is InChI=1S/C26H22F5N5O2/c1-38-18-7-5-16(6-8-18)21-13-22(26(29,30)31)36-24(33-21)19(14-32-36)25(37)35-11-9-34(10-12-35)15-17-3-2-4-20(27)23(17)28/h2-8,13-14H,9-12,15H2,1H3. The normalized spacial score (nSPS) is 14.7. The molecule has 1 amide bonds. The molecule has 0 unspecified atom stereocenters. The van der Waals surface area contributed by atoms with E-state index < -0.39 is 29.4 Å². The molecule has 3 heterocycles. The molecule has 198 valence electrons. The van der Waals surface area contributed by atoms with Gasteiger partial charge in [0.2, 0.25) is 0 Å². The minimum Gasteiger partial charge on any atom is -0.497 e. The van der Waals surface area contributed by atoms with Gasteiger partial charge in [0.1, 0.15) is 11.3 Å². The van der Waals surface area contributed by atoms with Crippen LogP contribution in [0.2, 0.25) is 0 Å². The van der Waals surface area contributed by atoms with Gasteiger partial charge < -0.3 is 9.64 Å². The quantitative estimate of drug-likeness (QED) is 0.351. The lowest BCUT2D eigenvalue weighted by atomic mass is 10.1. The van der Waals surface area contributed by atoms with Gasteiger partial charge in [0, 0.05) is 43.9 Å². The summed E-state index contributed by atoms with van der Waals surface area (Å²) in [5, 5.41) is 3.83. The van der Waals surface area contributed by atoms with E-state index >= 15 is 0 Å². The lowest BCUT2D eigenvalue weighted by Gasteiger charge is -2.34. The molecule has 0 saturated carbocycles. The second-order valence-electron chi connectivity index (χ2n) is 8.83. The fourth-order valence-electron chi connectivity index (χ4n) is 4.42. The third kappa shape index (κ3) is 4.91. The number of ether oxygens (including phenoxy) is 1. The largest absolute Gasteiger partial charge is 0.497 e. The number of rotatable bonds is 5. The summed E-state index contributed by atoms with van der Waals surface area (Å²) >= 11 is 0. The Hall–Kier alpha value is -4.06. The number of benzene rings is 2. The molecule has 0 N–H and O–H groups in total. The number of hydrogen-bond donors (Lipinski definition) is 0. The van der Waals surface area contributed by atoms with Gasteiger partial charge >= 0.3 is 6.18 Å². The van der Waals surface area contributed by atoms with Crippen molar-refractivity contribution < 1.29 is 31.5 Å². The monoisotopic (exact) mass is 531 g/mol. The Bertz CT molecular complexity index is 1480. The van der Waals surface area contributed by atoms with Crippen molar-refractivity contribution in [3.05, 3.63) is 83.2 Å². The van der Waals surface area contributed by atoms with Crippen LogP contribution in [0, 0.1) is 11.6 Å². The Labute approximate surface area is 214 Å². The van der Waals surface area contributed by atoms with E-state index in [1.165, 1.54) is 24.1 Å². The van der Waals surface area contributed by atoms with Crippen molar-refractivity contribution in [2.45, 2.75) is 12.7 Å². The number of nitrogens with zero attached hydrogens (tertiary/aromatic N) is 5. The summed E-state index contributed by atoms with van der Waals surface area (Å²) in [4.78, 5) is 21.1. The lowest BCUT2D eigenvalue weighted by molar-refractivity contribution is -0.142. The average Bonchev–Trinajstić information content (AvgIpc) is 3.34. The molecule has 0 spiro atoms. The van der Waals surface area contributed by atoms with Crippen LogP contribution in [0.5, 0.6) is 5.75 Å². The Balaban J connectivity index is 1.40. The number of piperazine rings is 1. The molecule has 4 aromatic rings. The van der Waals surface area contributed by atoms with E-state index in [4.69, 9.17) is 4.74 Å².